The molecule has 0 saturated carbocycles. The van der Waals surface area contributed by atoms with Crippen molar-refractivity contribution in [1.82, 2.24) is 0 Å². The fraction of sp³-hybridized carbons (Fsp3) is 0.167. The van der Waals surface area contributed by atoms with Crippen molar-refractivity contribution in [2.75, 3.05) is 23.9 Å². The highest BCUT2D eigenvalue weighted by atomic mass is 19.1. The van der Waals surface area contributed by atoms with E-state index in [4.69, 9.17) is 4.74 Å². The van der Waals surface area contributed by atoms with Gasteiger partial charge in [-0.2, -0.15) is 0 Å². The third-order valence-corrected chi connectivity index (χ3v) is 4.07. The van der Waals surface area contributed by atoms with Gasteiger partial charge in [-0.25, -0.2) is 8.78 Å². The highest BCUT2D eigenvalue weighted by Gasteiger charge is 2.39. The molecule has 1 aliphatic rings. The van der Waals surface area contributed by atoms with E-state index in [1.54, 1.807) is 24.3 Å². The van der Waals surface area contributed by atoms with E-state index in [1.807, 2.05) is 0 Å². The first-order chi connectivity index (χ1) is 12.4. The number of benzene rings is 2. The molecule has 6 nitrogen and oxygen atoms in total. The first-order valence-corrected chi connectivity index (χ1v) is 7.67. The number of nitrogens with zero attached hydrogens (tertiary/aromatic N) is 1. The van der Waals surface area contributed by atoms with E-state index in [0.29, 0.717) is 17.3 Å². The number of amides is 2. The summed E-state index contributed by atoms with van der Waals surface area (Å²) in [6, 6.07) is 9.21. The Morgan fingerprint density at radius 3 is 2.58 bits per heavy atom. The van der Waals surface area contributed by atoms with Gasteiger partial charge >= 0.3 is 17.8 Å². The second-order valence-electron chi connectivity index (χ2n) is 5.63. The molecule has 2 amide bonds. The van der Waals surface area contributed by atoms with Crippen molar-refractivity contribution in [1.29, 1.82) is 0 Å². The summed E-state index contributed by atoms with van der Waals surface area (Å²) in [4.78, 5) is 37.8. The van der Waals surface area contributed by atoms with Gasteiger partial charge in [-0.15, -0.1) is 0 Å². The number of para-hydroxylation sites is 1. The van der Waals surface area contributed by atoms with E-state index in [0.717, 1.165) is 17.0 Å². The van der Waals surface area contributed by atoms with E-state index in [-0.39, 0.29) is 12.2 Å². The molecule has 8 heteroatoms. The van der Waals surface area contributed by atoms with Gasteiger partial charge in [0.1, 0.15) is 17.6 Å². The van der Waals surface area contributed by atoms with Gasteiger partial charge in [-0.05, 0) is 23.8 Å². The Morgan fingerprint density at radius 1 is 1.15 bits per heavy atom. The minimum absolute atomic E-state index is 0.0653. The third-order valence-electron chi connectivity index (χ3n) is 4.07. The quantitative estimate of drug-likeness (QED) is 0.658. The second-order valence-corrected chi connectivity index (χ2v) is 5.63. The number of hydrogen-bond donors (Lipinski definition) is 1. The van der Waals surface area contributed by atoms with Gasteiger partial charge in [-0.1, -0.05) is 18.2 Å². The topological polar surface area (TPSA) is 75.7 Å². The summed E-state index contributed by atoms with van der Waals surface area (Å²) in [7, 11) is 1.24. The molecule has 134 valence electrons. The molecule has 0 aliphatic carbocycles. The minimum atomic E-state index is -1.10. The van der Waals surface area contributed by atoms with Gasteiger partial charge in [0.25, 0.3) is 0 Å². The number of rotatable bonds is 2. The lowest BCUT2D eigenvalue weighted by Crippen LogP contribution is -2.40. The summed E-state index contributed by atoms with van der Waals surface area (Å²) in [5, 5.41) is 2.11. The number of halogens is 2. The van der Waals surface area contributed by atoms with E-state index >= 15 is 0 Å². The average molecular weight is 360 g/mol. The molecule has 0 radical (unpaired) electrons. The molecule has 3 rings (SSSR count). The number of fused-ring (bicyclic) bond motifs is 1. The average Bonchev–Trinajstić information content (AvgIpc) is 3.02. The molecule has 1 aliphatic heterocycles. The van der Waals surface area contributed by atoms with Crippen molar-refractivity contribution >= 4 is 29.2 Å². The number of nitrogens with one attached hydrogen (secondary N) is 1. The molecule has 0 fully saturated rings. The number of carbonyl (C=O) groups is 3. The predicted molar refractivity (Wildman–Crippen MR) is 88.5 cm³/mol. The molecular formula is C18H14F2N2O4. The summed E-state index contributed by atoms with van der Waals surface area (Å²) < 4.78 is 31.3. The molecule has 0 spiro atoms. The first kappa shape index (κ1) is 17.5. The smallest absolute Gasteiger partial charge is 0.316 e. The number of carbonyl (C=O) groups excluding carboxylic acids is 3. The van der Waals surface area contributed by atoms with Crippen LogP contribution in [-0.2, 0) is 19.1 Å². The van der Waals surface area contributed by atoms with Crippen LogP contribution in [0.2, 0.25) is 0 Å². The standard InChI is InChI=1S/C18H14F2N2O4/c1-26-18(25)12-9-22(15-5-3-2-4-11(12)15)17(24)16(23)21-14-7-6-10(19)8-13(14)20/h2-8,12H,9H2,1H3,(H,21,23). The van der Waals surface area contributed by atoms with Crippen molar-refractivity contribution in [2.45, 2.75) is 5.92 Å². The van der Waals surface area contributed by atoms with Crippen molar-refractivity contribution in [3.05, 3.63) is 59.7 Å². The molecule has 1 unspecified atom stereocenters. The Labute approximate surface area is 147 Å². The Morgan fingerprint density at radius 2 is 1.88 bits per heavy atom. The maximum absolute atomic E-state index is 13.7. The molecule has 2 aromatic carbocycles. The predicted octanol–water partition coefficient (Wildman–Crippen LogP) is 2.21. The zero-order valence-corrected chi connectivity index (χ0v) is 13.7. The monoisotopic (exact) mass is 360 g/mol. The van der Waals surface area contributed by atoms with Crippen LogP contribution in [0.5, 0.6) is 0 Å². The van der Waals surface area contributed by atoms with E-state index in [9.17, 15) is 23.2 Å². The number of hydrogen-bond acceptors (Lipinski definition) is 4. The molecule has 26 heavy (non-hydrogen) atoms. The number of ether oxygens (including phenoxy) is 1. The van der Waals surface area contributed by atoms with Gasteiger partial charge in [0.15, 0.2) is 0 Å². The van der Waals surface area contributed by atoms with Gasteiger partial charge in [0.05, 0.1) is 12.8 Å². The third kappa shape index (κ3) is 3.13. The Balaban J connectivity index is 1.83. The number of anilines is 2. The highest BCUT2D eigenvalue weighted by molar-refractivity contribution is 6.44. The van der Waals surface area contributed by atoms with Crippen LogP contribution in [0.25, 0.3) is 0 Å². The molecule has 0 aromatic heterocycles. The van der Waals surface area contributed by atoms with Crippen LogP contribution in [0.1, 0.15) is 11.5 Å². The van der Waals surface area contributed by atoms with Crippen molar-refractivity contribution in [2.24, 2.45) is 0 Å². The molecule has 1 atom stereocenters. The first-order valence-electron chi connectivity index (χ1n) is 7.67. The molecule has 0 saturated heterocycles. The summed E-state index contributed by atoms with van der Waals surface area (Å²) in [5.74, 6) is -5.11. The molecule has 1 N–H and O–H groups in total. The van der Waals surface area contributed by atoms with Gasteiger partial charge < -0.3 is 15.0 Å². The largest absolute Gasteiger partial charge is 0.468 e. The summed E-state index contributed by atoms with van der Waals surface area (Å²) in [6.45, 7) is -0.0653. The molecular weight excluding hydrogens is 346 g/mol. The molecule has 2 aromatic rings. The zero-order chi connectivity index (χ0) is 18.8. The van der Waals surface area contributed by atoms with Crippen molar-refractivity contribution in [3.8, 4) is 0 Å². The Bertz CT molecular complexity index is 901. The van der Waals surface area contributed by atoms with Crippen molar-refractivity contribution in [3.63, 3.8) is 0 Å². The fourth-order valence-electron chi connectivity index (χ4n) is 2.83. The summed E-state index contributed by atoms with van der Waals surface area (Å²) >= 11 is 0. The number of esters is 1. The lowest BCUT2D eigenvalue weighted by Gasteiger charge is -2.17. The van der Waals surface area contributed by atoms with Gasteiger partial charge in [0.2, 0.25) is 0 Å². The van der Waals surface area contributed by atoms with Crippen LogP contribution in [0.3, 0.4) is 0 Å². The van der Waals surface area contributed by atoms with Crippen LogP contribution in [-0.4, -0.2) is 31.4 Å². The van der Waals surface area contributed by atoms with Crippen LogP contribution in [0.15, 0.2) is 42.5 Å². The van der Waals surface area contributed by atoms with Crippen LogP contribution in [0.4, 0.5) is 20.2 Å². The Kier molecular flexibility index (Phi) is 4.66. The second kappa shape index (κ2) is 6.91. The van der Waals surface area contributed by atoms with Crippen molar-refractivity contribution < 1.29 is 27.9 Å². The van der Waals surface area contributed by atoms with E-state index in [1.165, 1.54) is 7.11 Å². The lowest BCUT2D eigenvalue weighted by molar-refractivity contribution is -0.142. The highest BCUT2D eigenvalue weighted by Crippen LogP contribution is 2.36. The fourth-order valence-corrected chi connectivity index (χ4v) is 2.83. The van der Waals surface area contributed by atoms with Crippen LogP contribution in [0, 0.1) is 11.6 Å². The maximum Gasteiger partial charge on any atom is 0.316 e. The SMILES string of the molecule is COC(=O)C1CN(C(=O)C(=O)Nc2ccc(F)cc2F)c2ccccc21. The maximum atomic E-state index is 13.7. The summed E-state index contributed by atoms with van der Waals surface area (Å²) in [6.07, 6.45) is 0. The summed E-state index contributed by atoms with van der Waals surface area (Å²) in [5.41, 5.74) is 0.651. The lowest BCUT2D eigenvalue weighted by atomic mass is 10.0. The van der Waals surface area contributed by atoms with Crippen LogP contribution < -0.4 is 10.2 Å². The minimum Gasteiger partial charge on any atom is -0.468 e. The van der Waals surface area contributed by atoms with E-state index in [2.05, 4.69) is 5.32 Å². The molecule has 0 bridgehead atoms. The Hall–Kier alpha value is -3.29. The normalized spacial score (nSPS) is 15.3. The zero-order valence-electron chi connectivity index (χ0n) is 13.7. The van der Waals surface area contributed by atoms with E-state index < -0.39 is 35.3 Å². The molecule has 1 heterocycles. The van der Waals surface area contributed by atoms with Crippen LogP contribution >= 0.6 is 0 Å². The van der Waals surface area contributed by atoms with Gasteiger partial charge in [0, 0.05) is 18.3 Å². The number of methoxy groups -OCH3 is 1. The van der Waals surface area contributed by atoms with Gasteiger partial charge in [-0.3, -0.25) is 14.4 Å².